The highest BCUT2D eigenvalue weighted by Crippen LogP contribution is 2.39. The topological polar surface area (TPSA) is 65.5 Å². The van der Waals surface area contributed by atoms with E-state index in [1.807, 2.05) is 12.1 Å². The Morgan fingerprint density at radius 3 is 2.65 bits per heavy atom. The molecule has 31 heavy (non-hydrogen) atoms. The molecule has 3 aliphatic rings. The van der Waals surface area contributed by atoms with E-state index in [1.54, 1.807) is 11.9 Å². The molecule has 156 valence electrons. The lowest BCUT2D eigenvalue weighted by atomic mass is 9.95. The average molecular weight is 433 g/mol. The number of nitrogens with one attached hydrogen (secondary N) is 1. The number of anilines is 1. The van der Waals surface area contributed by atoms with Crippen molar-refractivity contribution in [3.05, 3.63) is 69.9 Å². The molecule has 1 N–H and O–H groups in total. The van der Waals surface area contributed by atoms with Crippen molar-refractivity contribution in [3.8, 4) is 0 Å². The second-order valence-electron chi connectivity index (χ2n) is 8.76. The molecule has 3 aromatic rings. The average Bonchev–Trinajstić information content (AvgIpc) is 3.37. The number of halogens is 1. The summed E-state index contributed by atoms with van der Waals surface area (Å²) >= 11 is 6.14. The van der Waals surface area contributed by atoms with E-state index in [4.69, 9.17) is 16.6 Å². The number of likely N-dealkylation sites (N-methyl/N-ethyl adjacent to an activating group) is 1. The van der Waals surface area contributed by atoms with Gasteiger partial charge < -0.3 is 9.80 Å². The Bertz CT molecular complexity index is 1290. The maximum absolute atomic E-state index is 12.5. The molecule has 1 spiro atoms. The van der Waals surface area contributed by atoms with Gasteiger partial charge in [0.05, 0.1) is 17.8 Å². The number of aromatic nitrogens is 1. The molecule has 7 heteroatoms. The highest BCUT2D eigenvalue weighted by molar-refractivity contribution is 6.30. The molecule has 6 rings (SSSR count). The Labute approximate surface area is 184 Å². The zero-order chi connectivity index (χ0) is 21.3. The van der Waals surface area contributed by atoms with Gasteiger partial charge >= 0.3 is 6.03 Å². The summed E-state index contributed by atoms with van der Waals surface area (Å²) in [7, 11) is 1.70. The van der Waals surface area contributed by atoms with Crippen molar-refractivity contribution in [1.82, 2.24) is 15.2 Å². The maximum atomic E-state index is 12.5. The predicted octanol–water partition coefficient (Wildman–Crippen LogP) is 3.47. The van der Waals surface area contributed by atoms with Crippen LogP contribution >= 0.6 is 11.6 Å². The number of fused-ring (bicyclic) bond motifs is 3. The number of carbonyl (C=O) groups is 2. The van der Waals surface area contributed by atoms with Gasteiger partial charge in [0, 0.05) is 42.5 Å². The molecule has 1 atom stereocenters. The quantitative estimate of drug-likeness (QED) is 0.630. The molecule has 1 saturated heterocycles. The highest BCUT2D eigenvalue weighted by Gasteiger charge is 2.54. The van der Waals surface area contributed by atoms with Gasteiger partial charge in [-0.3, -0.25) is 15.1 Å². The van der Waals surface area contributed by atoms with Crippen LogP contribution in [0.2, 0.25) is 5.02 Å². The van der Waals surface area contributed by atoms with Gasteiger partial charge in [0.2, 0.25) is 0 Å². The van der Waals surface area contributed by atoms with Gasteiger partial charge in [-0.15, -0.1) is 0 Å². The number of urea groups is 1. The van der Waals surface area contributed by atoms with E-state index in [9.17, 15) is 9.59 Å². The van der Waals surface area contributed by atoms with Gasteiger partial charge in [-0.05, 0) is 59.5 Å². The van der Waals surface area contributed by atoms with Crippen LogP contribution in [-0.2, 0) is 30.6 Å². The minimum atomic E-state index is -0.805. The van der Waals surface area contributed by atoms with Crippen molar-refractivity contribution in [1.29, 1.82) is 0 Å². The van der Waals surface area contributed by atoms with Crippen LogP contribution in [0.3, 0.4) is 0 Å². The summed E-state index contributed by atoms with van der Waals surface area (Å²) in [5, 5.41) is 4.29. The molecular formula is C24H21ClN4O2. The number of pyridine rings is 1. The van der Waals surface area contributed by atoms with E-state index in [-0.39, 0.29) is 11.9 Å². The van der Waals surface area contributed by atoms with Crippen molar-refractivity contribution in [3.63, 3.8) is 0 Å². The maximum Gasteiger partial charge on any atom is 0.324 e. The number of benzene rings is 2. The van der Waals surface area contributed by atoms with Crippen molar-refractivity contribution in [2.24, 2.45) is 0 Å². The molecule has 2 aromatic carbocycles. The Balaban J connectivity index is 1.31. The van der Waals surface area contributed by atoms with Gasteiger partial charge in [0.1, 0.15) is 5.54 Å². The monoisotopic (exact) mass is 432 g/mol. The first kappa shape index (κ1) is 18.6. The largest absolute Gasteiger partial charge is 0.365 e. The van der Waals surface area contributed by atoms with Crippen LogP contribution in [0.5, 0.6) is 0 Å². The van der Waals surface area contributed by atoms with E-state index in [0.29, 0.717) is 12.8 Å². The fraction of sp³-hybridized carbons (Fsp3) is 0.292. The van der Waals surface area contributed by atoms with E-state index < -0.39 is 5.54 Å². The number of hydrogen-bond acceptors (Lipinski definition) is 4. The van der Waals surface area contributed by atoms with Crippen LogP contribution < -0.4 is 10.2 Å². The van der Waals surface area contributed by atoms with E-state index in [2.05, 4.69) is 40.5 Å². The first-order chi connectivity index (χ1) is 14.9. The lowest BCUT2D eigenvalue weighted by molar-refractivity contribution is -0.125. The summed E-state index contributed by atoms with van der Waals surface area (Å²) in [5.41, 5.74) is 5.84. The van der Waals surface area contributed by atoms with Crippen LogP contribution in [0.1, 0.15) is 22.4 Å². The summed E-state index contributed by atoms with van der Waals surface area (Å²) < 4.78 is 0. The van der Waals surface area contributed by atoms with Crippen LogP contribution in [0.15, 0.2) is 42.5 Å². The fourth-order valence-corrected chi connectivity index (χ4v) is 5.45. The second kappa shape index (κ2) is 6.44. The van der Waals surface area contributed by atoms with E-state index >= 15 is 0 Å². The van der Waals surface area contributed by atoms with Crippen LogP contribution in [0.4, 0.5) is 10.5 Å². The smallest absolute Gasteiger partial charge is 0.324 e. The molecule has 0 bridgehead atoms. The lowest BCUT2D eigenvalue weighted by Crippen LogP contribution is -2.48. The standard InChI is InChI=1S/C24H21ClN4O2/c1-28-23(31)27-22(30)24(28)11-16-8-14-2-4-19(26-20(14)10-17(16)12-24)13-29-7-6-15-9-18(25)3-5-21(15)29/h2-5,8-10H,6-7,11-13H2,1H3,(H,27,30,31). The number of amides is 3. The molecule has 1 aliphatic carbocycles. The van der Waals surface area contributed by atoms with Crippen LogP contribution in [0.25, 0.3) is 10.9 Å². The molecule has 1 aromatic heterocycles. The molecule has 0 saturated carbocycles. The zero-order valence-electron chi connectivity index (χ0n) is 17.1. The Kier molecular flexibility index (Phi) is 3.87. The number of nitrogens with zero attached hydrogens (tertiary/aromatic N) is 3. The molecule has 2 aliphatic heterocycles. The van der Waals surface area contributed by atoms with Crippen LogP contribution in [-0.4, -0.2) is 41.0 Å². The third kappa shape index (κ3) is 2.74. The van der Waals surface area contributed by atoms with Gasteiger partial charge in [0.25, 0.3) is 5.91 Å². The number of carbonyl (C=O) groups excluding carboxylic acids is 2. The second-order valence-corrected chi connectivity index (χ2v) is 9.20. The summed E-state index contributed by atoms with van der Waals surface area (Å²) in [6, 6.07) is 14.1. The Hall–Kier alpha value is -3.12. The lowest BCUT2D eigenvalue weighted by Gasteiger charge is -2.27. The number of imide groups is 1. The first-order valence-electron chi connectivity index (χ1n) is 10.5. The van der Waals surface area contributed by atoms with Crippen molar-refractivity contribution >= 4 is 40.1 Å². The Morgan fingerprint density at radius 1 is 1.06 bits per heavy atom. The third-order valence-corrected chi connectivity index (χ3v) is 7.25. The fourth-order valence-electron chi connectivity index (χ4n) is 5.25. The molecule has 3 heterocycles. The van der Waals surface area contributed by atoms with Gasteiger partial charge in [-0.25, -0.2) is 4.79 Å². The summed E-state index contributed by atoms with van der Waals surface area (Å²) in [6.07, 6.45) is 2.06. The molecule has 1 unspecified atom stereocenters. The summed E-state index contributed by atoms with van der Waals surface area (Å²) in [4.78, 5) is 33.4. The van der Waals surface area contributed by atoms with E-state index in [0.717, 1.165) is 52.3 Å². The number of rotatable bonds is 2. The zero-order valence-corrected chi connectivity index (χ0v) is 17.9. The minimum Gasteiger partial charge on any atom is -0.365 e. The SMILES string of the molecule is CN1C(=O)NC(=O)C12Cc1cc3ccc(CN4CCc5cc(Cl)ccc54)nc3cc1C2. The number of hydrogen-bond donors (Lipinski definition) is 1. The Morgan fingerprint density at radius 2 is 1.87 bits per heavy atom. The first-order valence-corrected chi connectivity index (χ1v) is 10.8. The molecule has 6 nitrogen and oxygen atoms in total. The molecular weight excluding hydrogens is 412 g/mol. The summed E-state index contributed by atoms with van der Waals surface area (Å²) in [5.74, 6) is -0.207. The van der Waals surface area contributed by atoms with Crippen molar-refractivity contribution < 1.29 is 9.59 Å². The molecule has 0 radical (unpaired) electrons. The van der Waals surface area contributed by atoms with Crippen LogP contribution in [0, 0.1) is 0 Å². The normalized spacial score (nSPS) is 21.9. The highest BCUT2D eigenvalue weighted by atomic mass is 35.5. The van der Waals surface area contributed by atoms with Crippen molar-refractivity contribution in [2.45, 2.75) is 31.3 Å². The van der Waals surface area contributed by atoms with Crippen molar-refractivity contribution in [2.75, 3.05) is 18.5 Å². The molecule has 1 fully saturated rings. The van der Waals surface area contributed by atoms with E-state index in [1.165, 1.54) is 11.3 Å². The van der Waals surface area contributed by atoms with Gasteiger partial charge in [-0.1, -0.05) is 17.7 Å². The minimum absolute atomic E-state index is 0.207. The van der Waals surface area contributed by atoms with Gasteiger partial charge in [-0.2, -0.15) is 0 Å². The van der Waals surface area contributed by atoms with Gasteiger partial charge in [0.15, 0.2) is 0 Å². The molecule has 3 amide bonds. The predicted molar refractivity (Wildman–Crippen MR) is 119 cm³/mol. The third-order valence-electron chi connectivity index (χ3n) is 7.01. The summed E-state index contributed by atoms with van der Waals surface area (Å²) in [6.45, 7) is 1.70.